The number of ether oxygens (including phenoxy) is 1. The van der Waals surface area contributed by atoms with Gasteiger partial charge < -0.3 is 4.74 Å². The van der Waals surface area contributed by atoms with E-state index in [1.807, 2.05) is 24.3 Å². The third kappa shape index (κ3) is 2.52. The highest BCUT2D eigenvalue weighted by Gasteiger charge is 2.30. The molecule has 3 rings (SSSR count). The minimum Gasteiger partial charge on any atom is -0.497 e. The highest BCUT2D eigenvalue weighted by atomic mass is 16.5. The molecule has 0 bridgehead atoms. The number of benzene rings is 1. The van der Waals surface area contributed by atoms with Gasteiger partial charge in [0, 0.05) is 12.0 Å². The maximum Gasteiger partial charge on any atom is 0.163 e. The molecule has 0 N–H and O–H groups in total. The Morgan fingerprint density at radius 1 is 1.10 bits per heavy atom. The van der Waals surface area contributed by atoms with Crippen molar-refractivity contribution in [1.29, 1.82) is 0 Å². The van der Waals surface area contributed by atoms with E-state index in [-0.39, 0.29) is 0 Å². The summed E-state index contributed by atoms with van der Waals surface area (Å²) in [6.07, 6.45) is 8.16. The van der Waals surface area contributed by atoms with Gasteiger partial charge in [-0.05, 0) is 42.9 Å². The molecule has 1 aromatic rings. The van der Waals surface area contributed by atoms with E-state index in [0.717, 1.165) is 23.3 Å². The summed E-state index contributed by atoms with van der Waals surface area (Å²) in [5.74, 6) is 1.79. The maximum atomic E-state index is 12.3. The molecule has 20 heavy (non-hydrogen) atoms. The molecule has 0 heterocycles. The Hall–Kier alpha value is -1.57. The molecule has 2 nitrogen and oxygen atoms in total. The van der Waals surface area contributed by atoms with Crippen LogP contribution in [0.2, 0.25) is 0 Å². The monoisotopic (exact) mass is 270 g/mol. The Morgan fingerprint density at radius 2 is 1.90 bits per heavy atom. The van der Waals surface area contributed by atoms with Crippen molar-refractivity contribution < 1.29 is 9.53 Å². The zero-order valence-corrected chi connectivity index (χ0v) is 12.2. The molecule has 0 unspecified atom stereocenters. The second-order valence-electron chi connectivity index (χ2n) is 5.89. The third-order valence-corrected chi connectivity index (χ3v) is 4.68. The zero-order valence-electron chi connectivity index (χ0n) is 12.2. The number of rotatable bonds is 3. The average molecular weight is 270 g/mol. The SMILES string of the molecule is COc1cccc(C2=C(C3CCCCC3)CCC2=O)c1. The van der Waals surface area contributed by atoms with Crippen LogP contribution in [0.4, 0.5) is 0 Å². The van der Waals surface area contributed by atoms with Gasteiger partial charge in [0.25, 0.3) is 0 Å². The van der Waals surface area contributed by atoms with Gasteiger partial charge in [-0.15, -0.1) is 0 Å². The first-order valence-electron chi connectivity index (χ1n) is 7.70. The average Bonchev–Trinajstić information content (AvgIpc) is 2.90. The fourth-order valence-electron chi connectivity index (χ4n) is 3.66. The molecule has 2 heteroatoms. The lowest BCUT2D eigenvalue weighted by molar-refractivity contribution is -0.113. The summed E-state index contributed by atoms with van der Waals surface area (Å²) in [5.41, 5.74) is 3.46. The lowest BCUT2D eigenvalue weighted by Crippen LogP contribution is -2.09. The number of hydrogen-bond acceptors (Lipinski definition) is 2. The second-order valence-corrected chi connectivity index (χ2v) is 5.89. The van der Waals surface area contributed by atoms with Gasteiger partial charge in [-0.2, -0.15) is 0 Å². The van der Waals surface area contributed by atoms with Crippen LogP contribution in [0.15, 0.2) is 29.8 Å². The van der Waals surface area contributed by atoms with E-state index in [2.05, 4.69) is 0 Å². The van der Waals surface area contributed by atoms with E-state index in [9.17, 15) is 4.79 Å². The van der Waals surface area contributed by atoms with Gasteiger partial charge in [0.05, 0.1) is 7.11 Å². The van der Waals surface area contributed by atoms with Gasteiger partial charge in [0.2, 0.25) is 0 Å². The molecule has 0 aliphatic heterocycles. The Morgan fingerprint density at radius 3 is 2.65 bits per heavy atom. The van der Waals surface area contributed by atoms with Crippen LogP contribution in [0, 0.1) is 5.92 Å². The molecule has 106 valence electrons. The van der Waals surface area contributed by atoms with E-state index >= 15 is 0 Å². The fraction of sp³-hybridized carbons (Fsp3) is 0.500. The topological polar surface area (TPSA) is 26.3 Å². The molecule has 1 aromatic carbocycles. The Kier molecular flexibility index (Phi) is 3.90. The summed E-state index contributed by atoms with van der Waals surface area (Å²) in [6.45, 7) is 0. The smallest absolute Gasteiger partial charge is 0.163 e. The van der Waals surface area contributed by atoms with Gasteiger partial charge >= 0.3 is 0 Å². The Labute approximate surface area is 120 Å². The molecule has 0 atom stereocenters. The predicted molar refractivity (Wildman–Crippen MR) is 80.7 cm³/mol. The maximum absolute atomic E-state index is 12.3. The summed E-state index contributed by atoms with van der Waals surface area (Å²) in [4.78, 5) is 12.3. The quantitative estimate of drug-likeness (QED) is 0.814. The predicted octanol–water partition coefficient (Wildman–Crippen LogP) is 4.39. The number of methoxy groups -OCH3 is 1. The van der Waals surface area contributed by atoms with Crippen LogP contribution in [0.25, 0.3) is 5.57 Å². The lowest BCUT2D eigenvalue weighted by Gasteiger charge is -2.24. The fourth-order valence-corrected chi connectivity index (χ4v) is 3.66. The minimum absolute atomic E-state index is 0.318. The van der Waals surface area contributed by atoms with Crippen molar-refractivity contribution in [3.63, 3.8) is 0 Å². The van der Waals surface area contributed by atoms with E-state index < -0.39 is 0 Å². The largest absolute Gasteiger partial charge is 0.497 e. The van der Waals surface area contributed by atoms with Crippen LogP contribution in [0.5, 0.6) is 5.75 Å². The van der Waals surface area contributed by atoms with Crippen molar-refractivity contribution in [2.24, 2.45) is 5.92 Å². The molecule has 2 aliphatic rings. The van der Waals surface area contributed by atoms with Crippen LogP contribution < -0.4 is 4.74 Å². The Bertz CT molecular complexity index is 536. The first-order valence-corrected chi connectivity index (χ1v) is 7.70. The van der Waals surface area contributed by atoms with Crippen LogP contribution in [0.3, 0.4) is 0 Å². The van der Waals surface area contributed by atoms with E-state index in [1.54, 1.807) is 7.11 Å². The molecule has 0 aromatic heterocycles. The van der Waals surface area contributed by atoms with E-state index in [4.69, 9.17) is 4.74 Å². The van der Waals surface area contributed by atoms with Gasteiger partial charge in [-0.3, -0.25) is 4.79 Å². The molecule has 0 spiro atoms. The molecule has 0 saturated heterocycles. The summed E-state index contributed by atoms with van der Waals surface area (Å²) < 4.78 is 5.30. The molecule has 1 saturated carbocycles. The zero-order chi connectivity index (χ0) is 13.9. The number of carbonyl (C=O) groups excluding carboxylic acids is 1. The van der Waals surface area contributed by atoms with E-state index in [1.165, 1.54) is 37.7 Å². The molecule has 0 amide bonds. The molecular weight excluding hydrogens is 248 g/mol. The van der Waals surface area contributed by atoms with Crippen molar-refractivity contribution in [2.45, 2.75) is 44.9 Å². The molecular formula is C18H22O2. The van der Waals surface area contributed by atoms with Crippen LogP contribution in [-0.4, -0.2) is 12.9 Å². The van der Waals surface area contributed by atoms with Gasteiger partial charge in [-0.25, -0.2) is 0 Å². The molecule has 0 radical (unpaired) electrons. The summed E-state index contributed by atoms with van der Waals surface area (Å²) in [7, 11) is 1.67. The van der Waals surface area contributed by atoms with Crippen molar-refractivity contribution in [2.75, 3.05) is 7.11 Å². The first-order chi connectivity index (χ1) is 9.79. The van der Waals surface area contributed by atoms with Crippen LogP contribution in [0.1, 0.15) is 50.5 Å². The number of ketones is 1. The van der Waals surface area contributed by atoms with Gasteiger partial charge in [0.1, 0.15) is 5.75 Å². The normalized spacial score (nSPS) is 20.6. The molecule has 2 aliphatic carbocycles. The first kappa shape index (κ1) is 13.4. The van der Waals surface area contributed by atoms with Crippen LogP contribution in [-0.2, 0) is 4.79 Å². The lowest BCUT2D eigenvalue weighted by atomic mass is 9.81. The van der Waals surface area contributed by atoms with E-state index in [0.29, 0.717) is 18.1 Å². The number of allylic oxidation sites excluding steroid dienone is 2. The van der Waals surface area contributed by atoms with Crippen molar-refractivity contribution >= 4 is 11.4 Å². The highest BCUT2D eigenvalue weighted by Crippen LogP contribution is 2.41. The summed E-state index contributed by atoms with van der Waals surface area (Å²) in [5, 5.41) is 0. The standard InChI is InChI=1S/C18H22O2/c1-20-15-9-5-8-14(12-15)18-16(10-11-17(18)19)13-6-3-2-4-7-13/h5,8-9,12-13H,2-4,6-7,10-11H2,1H3. The second kappa shape index (κ2) is 5.82. The van der Waals surface area contributed by atoms with Crippen molar-refractivity contribution in [3.05, 3.63) is 35.4 Å². The number of carbonyl (C=O) groups is 1. The summed E-state index contributed by atoms with van der Waals surface area (Å²) >= 11 is 0. The minimum atomic E-state index is 0.318. The van der Waals surface area contributed by atoms with Gasteiger partial charge in [0.15, 0.2) is 5.78 Å². The van der Waals surface area contributed by atoms with Crippen molar-refractivity contribution in [1.82, 2.24) is 0 Å². The Balaban J connectivity index is 1.99. The number of hydrogen-bond donors (Lipinski definition) is 0. The van der Waals surface area contributed by atoms with Crippen LogP contribution >= 0.6 is 0 Å². The molecule has 1 fully saturated rings. The van der Waals surface area contributed by atoms with Crippen molar-refractivity contribution in [3.8, 4) is 5.75 Å². The number of Topliss-reactive ketones (excluding diaryl/α,β-unsaturated/α-hetero) is 1. The van der Waals surface area contributed by atoms with Gasteiger partial charge in [-0.1, -0.05) is 37.0 Å². The summed E-state index contributed by atoms with van der Waals surface area (Å²) in [6, 6.07) is 7.96. The third-order valence-electron chi connectivity index (χ3n) is 4.68. The highest BCUT2D eigenvalue weighted by molar-refractivity contribution is 6.23.